The molecule has 11 unspecified atom stereocenters. The van der Waals surface area contributed by atoms with Crippen LogP contribution >= 0.6 is 0 Å². The summed E-state index contributed by atoms with van der Waals surface area (Å²) in [5.74, 6) is -0.997. The maximum absolute atomic E-state index is 12.9. The average molecular weight is 925 g/mol. The topological polar surface area (TPSA) is 231 Å². The summed E-state index contributed by atoms with van der Waals surface area (Å²) < 4.78 is 33.4. The normalized spacial score (nSPS) is 26.9. The SMILES string of the molecule is CC/C=C\C/C=C\C/C=C\C/C=C\C/C=C\CCCC(=O)OC(COC(=O)CCCCCCCCCCCCCC)COC1OC(COC2OC(CO)C(O)C(O)C2O)C(O)C(O)C1O. The summed E-state index contributed by atoms with van der Waals surface area (Å²) >= 11 is 0. The second-order valence-electron chi connectivity index (χ2n) is 16.9. The Morgan fingerprint density at radius 1 is 0.508 bits per heavy atom. The van der Waals surface area contributed by atoms with Gasteiger partial charge in [-0.1, -0.05) is 145 Å². The lowest BCUT2D eigenvalue weighted by Crippen LogP contribution is -2.61. The highest BCUT2D eigenvalue weighted by molar-refractivity contribution is 5.70. The first-order valence-electron chi connectivity index (χ1n) is 24.4. The van der Waals surface area contributed by atoms with E-state index < -0.39 is 99.3 Å². The monoisotopic (exact) mass is 925 g/mol. The molecule has 2 heterocycles. The van der Waals surface area contributed by atoms with Crippen molar-refractivity contribution >= 4 is 11.9 Å². The molecule has 0 aromatic rings. The van der Waals surface area contributed by atoms with Gasteiger partial charge in [0.2, 0.25) is 0 Å². The van der Waals surface area contributed by atoms with Crippen LogP contribution in [-0.4, -0.2) is 142 Å². The number of allylic oxidation sites excluding steroid dienone is 10. The predicted molar refractivity (Wildman–Crippen MR) is 247 cm³/mol. The molecule has 15 nitrogen and oxygen atoms in total. The maximum Gasteiger partial charge on any atom is 0.306 e. The number of rotatable bonds is 36. The van der Waals surface area contributed by atoms with Gasteiger partial charge in [-0.25, -0.2) is 0 Å². The molecule has 2 aliphatic rings. The Morgan fingerprint density at radius 3 is 1.51 bits per heavy atom. The quantitative estimate of drug-likeness (QED) is 0.0214. The van der Waals surface area contributed by atoms with Crippen molar-refractivity contribution < 1.29 is 73.8 Å². The molecular formula is C50H84O15. The van der Waals surface area contributed by atoms with Crippen molar-refractivity contribution in [1.29, 1.82) is 0 Å². The van der Waals surface area contributed by atoms with Gasteiger partial charge in [-0.05, 0) is 51.4 Å². The van der Waals surface area contributed by atoms with Crippen molar-refractivity contribution in [2.45, 2.75) is 216 Å². The molecule has 0 aromatic carbocycles. The molecule has 2 saturated heterocycles. The Bertz CT molecular complexity index is 1370. The van der Waals surface area contributed by atoms with Gasteiger partial charge in [-0.15, -0.1) is 0 Å². The molecule has 0 spiro atoms. The first-order chi connectivity index (χ1) is 31.5. The largest absolute Gasteiger partial charge is 0.462 e. The van der Waals surface area contributed by atoms with Crippen LogP contribution in [0.15, 0.2) is 60.8 Å². The van der Waals surface area contributed by atoms with Crippen LogP contribution in [0.3, 0.4) is 0 Å². The summed E-state index contributed by atoms with van der Waals surface area (Å²) in [6, 6.07) is 0. The number of carbonyl (C=O) groups is 2. The smallest absolute Gasteiger partial charge is 0.306 e. The molecular weight excluding hydrogens is 841 g/mol. The molecule has 0 aliphatic carbocycles. The third kappa shape index (κ3) is 25.8. The maximum atomic E-state index is 12.9. The Balaban J connectivity index is 1.86. The zero-order valence-electron chi connectivity index (χ0n) is 39.2. The van der Waals surface area contributed by atoms with Crippen LogP contribution in [0.2, 0.25) is 0 Å². The number of aliphatic hydroxyl groups is 7. The van der Waals surface area contributed by atoms with Gasteiger partial charge < -0.3 is 64.2 Å². The molecule has 65 heavy (non-hydrogen) atoms. The Morgan fingerprint density at radius 2 is 0.969 bits per heavy atom. The van der Waals surface area contributed by atoms with Crippen molar-refractivity contribution in [3.05, 3.63) is 60.8 Å². The van der Waals surface area contributed by atoms with Crippen molar-refractivity contribution in [2.24, 2.45) is 0 Å². The lowest BCUT2D eigenvalue weighted by molar-refractivity contribution is -0.332. The van der Waals surface area contributed by atoms with E-state index in [2.05, 4.69) is 62.5 Å². The number of unbranched alkanes of at least 4 members (excludes halogenated alkanes) is 12. The summed E-state index contributed by atoms with van der Waals surface area (Å²) in [5, 5.41) is 72.0. The van der Waals surface area contributed by atoms with Gasteiger partial charge in [0.1, 0.15) is 55.4 Å². The fourth-order valence-electron chi connectivity index (χ4n) is 7.25. The number of ether oxygens (including phenoxy) is 6. The highest BCUT2D eigenvalue weighted by Gasteiger charge is 2.47. The highest BCUT2D eigenvalue weighted by Crippen LogP contribution is 2.26. The number of esters is 2. The standard InChI is InChI=1S/C50H84O15/c1-3-5-7-9-11-13-15-17-18-19-20-21-23-25-27-29-31-33-42(53)63-38(35-60-41(52)32-30-28-26-24-22-16-14-12-10-8-6-4-2)36-61-49-48(59)46(57)44(55)40(65-49)37-62-50-47(58)45(56)43(54)39(34-51)64-50/h5,7,11,13,17-18,20-21,25,27,38-40,43-51,54-59H,3-4,6,8-10,12,14-16,19,22-24,26,28-37H2,1-2H3/b7-5-,13-11-,18-17-,21-20-,27-25-. The van der Waals surface area contributed by atoms with Crippen molar-refractivity contribution in [3.8, 4) is 0 Å². The van der Waals surface area contributed by atoms with Crippen LogP contribution in [0.4, 0.5) is 0 Å². The molecule has 0 bridgehead atoms. The zero-order chi connectivity index (χ0) is 47.5. The van der Waals surface area contributed by atoms with Gasteiger partial charge in [0.15, 0.2) is 18.7 Å². The molecule has 2 fully saturated rings. The molecule has 2 rings (SSSR count). The molecule has 374 valence electrons. The zero-order valence-corrected chi connectivity index (χ0v) is 39.2. The minimum atomic E-state index is -1.78. The van der Waals surface area contributed by atoms with Crippen LogP contribution in [0.25, 0.3) is 0 Å². The molecule has 0 radical (unpaired) electrons. The van der Waals surface area contributed by atoms with Gasteiger partial charge in [-0.3, -0.25) is 9.59 Å². The number of aliphatic hydroxyl groups excluding tert-OH is 7. The summed E-state index contributed by atoms with van der Waals surface area (Å²) in [4.78, 5) is 25.7. The molecule has 0 saturated carbocycles. The summed E-state index contributed by atoms with van der Waals surface area (Å²) in [6.07, 6.45) is 24.1. The first-order valence-corrected chi connectivity index (χ1v) is 24.4. The summed E-state index contributed by atoms with van der Waals surface area (Å²) in [7, 11) is 0. The van der Waals surface area contributed by atoms with Gasteiger partial charge in [0.25, 0.3) is 0 Å². The third-order valence-corrected chi connectivity index (χ3v) is 11.3. The number of hydrogen-bond donors (Lipinski definition) is 7. The average Bonchev–Trinajstić information content (AvgIpc) is 3.30. The Hall–Kier alpha value is -2.80. The van der Waals surface area contributed by atoms with E-state index in [1.807, 2.05) is 12.2 Å². The highest BCUT2D eigenvalue weighted by atomic mass is 16.7. The third-order valence-electron chi connectivity index (χ3n) is 11.3. The Labute approximate surface area is 388 Å². The minimum Gasteiger partial charge on any atom is -0.462 e. The fourth-order valence-corrected chi connectivity index (χ4v) is 7.25. The molecule has 0 aromatic heterocycles. The van der Waals surface area contributed by atoms with E-state index in [4.69, 9.17) is 28.4 Å². The summed E-state index contributed by atoms with van der Waals surface area (Å²) in [6.45, 7) is 2.39. The van der Waals surface area contributed by atoms with Gasteiger partial charge in [-0.2, -0.15) is 0 Å². The van der Waals surface area contributed by atoms with Gasteiger partial charge in [0, 0.05) is 12.8 Å². The lowest BCUT2D eigenvalue weighted by Gasteiger charge is -2.42. The van der Waals surface area contributed by atoms with Crippen LogP contribution < -0.4 is 0 Å². The Kier molecular flexibility index (Phi) is 33.4. The second-order valence-corrected chi connectivity index (χ2v) is 16.9. The van der Waals surface area contributed by atoms with E-state index >= 15 is 0 Å². The van der Waals surface area contributed by atoms with Crippen LogP contribution in [0.5, 0.6) is 0 Å². The van der Waals surface area contributed by atoms with Crippen molar-refractivity contribution in [2.75, 3.05) is 26.4 Å². The molecule has 2 aliphatic heterocycles. The second kappa shape index (κ2) is 37.2. The first kappa shape index (κ1) is 58.3. The molecule has 0 amide bonds. The van der Waals surface area contributed by atoms with E-state index in [1.165, 1.54) is 51.4 Å². The molecule has 7 N–H and O–H groups in total. The van der Waals surface area contributed by atoms with E-state index in [0.29, 0.717) is 19.3 Å². The number of carbonyl (C=O) groups excluding carboxylic acids is 2. The van der Waals surface area contributed by atoms with E-state index in [0.717, 1.165) is 51.4 Å². The van der Waals surface area contributed by atoms with Crippen LogP contribution in [0.1, 0.15) is 149 Å². The van der Waals surface area contributed by atoms with E-state index in [1.54, 1.807) is 0 Å². The van der Waals surface area contributed by atoms with Crippen LogP contribution in [0, 0.1) is 0 Å². The van der Waals surface area contributed by atoms with Crippen molar-refractivity contribution in [1.82, 2.24) is 0 Å². The molecule has 11 atom stereocenters. The van der Waals surface area contributed by atoms with Gasteiger partial charge >= 0.3 is 11.9 Å². The summed E-state index contributed by atoms with van der Waals surface area (Å²) in [5.41, 5.74) is 0. The minimum absolute atomic E-state index is 0.0858. The van der Waals surface area contributed by atoms with E-state index in [9.17, 15) is 45.3 Å². The lowest BCUT2D eigenvalue weighted by atomic mass is 9.98. The van der Waals surface area contributed by atoms with Crippen LogP contribution in [-0.2, 0) is 38.0 Å². The van der Waals surface area contributed by atoms with E-state index in [-0.39, 0.29) is 19.4 Å². The fraction of sp³-hybridized carbons (Fsp3) is 0.760. The molecule has 15 heteroatoms. The van der Waals surface area contributed by atoms with Gasteiger partial charge in [0.05, 0.1) is 19.8 Å². The predicted octanol–water partition coefficient (Wildman–Crippen LogP) is 6.10. The van der Waals surface area contributed by atoms with Crippen molar-refractivity contribution in [3.63, 3.8) is 0 Å². The number of hydrogen-bond acceptors (Lipinski definition) is 15.